The molecule has 1 aromatic rings. The third-order valence-corrected chi connectivity index (χ3v) is 2.85. The number of amides is 1. The fourth-order valence-electron chi connectivity index (χ4n) is 1.90. The Balaban J connectivity index is 2.20. The van der Waals surface area contributed by atoms with Gasteiger partial charge in [0.1, 0.15) is 11.8 Å². The summed E-state index contributed by atoms with van der Waals surface area (Å²) in [6, 6.07) is 7.22. The molecule has 0 bridgehead atoms. The summed E-state index contributed by atoms with van der Waals surface area (Å²) in [5.41, 5.74) is 6.78. The first-order chi connectivity index (χ1) is 7.15. The van der Waals surface area contributed by atoms with Gasteiger partial charge in [-0.05, 0) is 17.7 Å². The van der Waals surface area contributed by atoms with Gasteiger partial charge in [0.2, 0.25) is 5.91 Å². The molecule has 2 atom stereocenters. The van der Waals surface area contributed by atoms with Crippen LogP contribution in [0.25, 0.3) is 0 Å². The van der Waals surface area contributed by atoms with Crippen LogP contribution in [0, 0.1) is 0 Å². The van der Waals surface area contributed by atoms with Gasteiger partial charge in [-0.1, -0.05) is 12.1 Å². The van der Waals surface area contributed by atoms with E-state index in [1.54, 1.807) is 19.1 Å². The van der Waals surface area contributed by atoms with Crippen molar-refractivity contribution in [2.24, 2.45) is 5.73 Å². The van der Waals surface area contributed by atoms with Crippen molar-refractivity contribution in [1.82, 2.24) is 4.90 Å². The van der Waals surface area contributed by atoms with E-state index in [0.717, 1.165) is 11.3 Å². The molecule has 1 amide bonds. The number of hydrogen-bond donors (Lipinski definition) is 1. The van der Waals surface area contributed by atoms with Crippen molar-refractivity contribution in [2.45, 2.75) is 12.1 Å². The highest BCUT2D eigenvalue weighted by Crippen LogP contribution is 2.32. The van der Waals surface area contributed by atoms with Crippen molar-refractivity contribution in [3.05, 3.63) is 29.8 Å². The zero-order valence-corrected chi connectivity index (χ0v) is 8.81. The lowest BCUT2D eigenvalue weighted by Gasteiger charge is -2.43. The standard InChI is InChI=1S/C11H14N2O2/c1-13-10(9(12)11(13)14)7-3-5-8(15-2)6-4-7/h3-6,9-10H,12H2,1-2H3. The minimum atomic E-state index is -0.400. The summed E-state index contributed by atoms with van der Waals surface area (Å²) in [6.07, 6.45) is 0. The van der Waals surface area contributed by atoms with E-state index < -0.39 is 6.04 Å². The number of nitrogens with zero attached hydrogens (tertiary/aromatic N) is 1. The van der Waals surface area contributed by atoms with Crippen molar-refractivity contribution in [3.63, 3.8) is 0 Å². The van der Waals surface area contributed by atoms with E-state index in [9.17, 15) is 4.79 Å². The molecule has 1 saturated heterocycles. The number of benzene rings is 1. The lowest BCUT2D eigenvalue weighted by atomic mass is 9.90. The number of carbonyl (C=O) groups excluding carboxylic acids is 1. The fourth-order valence-corrected chi connectivity index (χ4v) is 1.90. The van der Waals surface area contributed by atoms with E-state index in [-0.39, 0.29) is 11.9 Å². The van der Waals surface area contributed by atoms with Crippen LogP contribution in [0.15, 0.2) is 24.3 Å². The predicted molar refractivity (Wildman–Crippen MR) is 56.5 cm³/mol. The van der Waals surface area contributed by atoms with Crippen LogP contribution in [0.3, 0.4) is 0 Å². The highest BCUT2D eigenvalue weighted by atomic mass is 16.5. The van der Waals surface area contributed by atoms with E-state index in [1.807, 2.05) is 24.3 Å². The van der Waals surface area contributed by atoms with E-state index in [1.165, 1.54) is 0 Å². The van der Waals surface area contributed by atoms with Crippen molar-refractivity contribution in [2.75, 3.05) is 14.2 Å². The number of rotatable bonds is 2. The van der Waals surface area contributed by atoms with E-state index in [0.29, 0.717) is 0 Å². The quantitative estimate of drug-likeness (QED) is 0.718. The highest BCUT2D eigenvalue weighted by Gasteiger charge is 2.42. The van der Waals surface area contributed by atoms with Crippen molar-refractivity contribution in [3.8, 4) is 5.75 Å². The van der Waals surface area contributed by atoms with Crippen molar-refractivity contribution in [1.29, 1.82) is 0 Å². The summed E-state index contributed by atoms with van der Waals surface area (Å²) in [6.45, 7) is 0. The molecule has 80 valence electrons. The van der Waals surface area contributed by atoms with Gasteiger partial charge in [-0.25, -0.2) is 0 Å². The Labute approximate surface area is 88.6 Å². The molecule has 2 unspecified atom stereocenters. The second-order valence-electron chi connectivity index (χ2n) is 3.69. The molecule has 4 nitrogen and oxygen atoms in total. The van der Waals surface area contributed by atoms with Gasteiger partial charge in [-0.3, -0.25) is 4.79 Å². The van der Waals surface area contributed by atoms with E-state index in [4.69, 9.17) is 10.5 Å². The van der Waals surface area contributed by atoms with Gasteiger partial charge in [-0.2, -0.15) is 0 Å². The molecule has 1 heterocycles. The molecule has 0 spiro atoms. The topological polar surface area (TPSA) is 55.6 Å². The number of methoxy groups -OCH3 is 1. The van der Waals surface area contributed by atoms with Gasteiger partial charge in [0.25, 0.3) is 0 Å². The van der Waals surface area contributed by atoms with Gasteiger partial charge in [0.05, 0.1) is 13.2 Å². The number of likely N-dealkylation sites (N-methyl/N-ethyl adjacent to an activating group) is 1. The Morgan fingerprint density at radius 1 is 1.33 bits per heavy atom. The monoisotopic (exact) mass is 206 g/mol. The number of ether oxygens (including phenoxy) is 1. The van der Waals surface area contributed by atoms with Crippen LogP contribution in [-0.4, -0.2) is 31.0 Å². The molecule has 2 rings (SSSR count). The molecule has 4 heteroatoms. The minimum Gasteiger partial charge on any atom is -0.497 e. The van der Waals surface area contributed by atoms with Crippen molar-refractivity contribution >= 4 is 5.91 Å². The molecule has 15 heavy (non-hydrogen) atoms. The van der Waals surface area contributed by atoms with E-state index >= 15 is 0 Å². The Bertz CT molecular complexity index is 363. The number of nitrogens with two attached hydrogens (primary N) is 1. The maximum Gasteiger partial charge on any atom is 0.242 e. The molecule has 1 fully saturated rings. The first kappa shape index (κ1) is 9.98. The second-order valence-corrected chi connectivity index (χ2v) is 3.69. The summed E-state index contributed by atoms with van der Waals surface area (Å²) < 4.78 is 5.06. The average Bonchev–Trinajstić information content (AvgIpc) is 2.30. The molecule has 1 aliphatic heterocycles. The average molecular weight is 206 g/mol. The summed E-state index contributed by atoms with van der Waals surface area (Å²) in [4.78, 5) is 12.9. The zero-order valence-electron chi connectivity index (χ0n) is 8.81. The minimum absolute atomic E-state index is 0.00315. The number of β-lactam (4-membered cyclic amide) rings is 1. The second kappa shape index (κ2) is 3.55. The van der Waals surface area contributed by atoms with Gasteiger partial charge in [0, 0.05) is 7.05 Å². The first-order valence-corrected chi connectivity index (χ1v) is 4.81. The molecule has 1 aromatic carbocycles. The van der Waals surface area contributed by atoms with Crippen LogP contribution >= 0.6 is 0 Å². The third kappa shape index (κ3) is 1.47. The van der Waals surface area contributed by atoms with Gasteiger partial charge < -0.3 is 15.4 Å². The van der Waals surface area contributed by atoms with Crippen LogP contribution < -0.4 is 10.5 Å². The predicted octanol–water partition coefficient (Wildman–Crippen LogP) is 0.536. The molecule has 1 aliphatic rings. The molecule has 0 saturated carbocycles. The third-order valence-electron chi connectivity index (χ3n) is 2.85. The Kier molecular flexibility index (Phi) is 2.36. The maximum atomic E-state index is 11.2. The Morgan fingerprint density at radius 3 is 2.40 bits per heavy atom. The largest absolute Gasteiger partial charge is 0.497 e. The maximum absolute atomic E-state index is 11.2. The van der Waals surface area contributed by atoms with Crippen LogP contribution in [0.4, 0.5) is 0 Å². The van der Waals surface area contributed by atoms with Gasteiger partial charge in [0.15, 0.2) is 0 Å². The SMILES string of the molecule is COc1ccc(C2C(N)C(=O)N2C)cc1. The zero-order chi connectivity index (χ0) is 11.0. The summed E-state index contributed by atoms with van der Waals surface area (Å²) in [5.74, 6) is 0.802. The normalized spacial score (nSPS) is 25.0. The van der Waals surface area contributed by atoms with E-state index in [2.05, 4.69) is 0 Å². The number of likely N-dealkylation sites (tertiary alicyclic amines) is 1. The smallest absolute Gasteiger partial charge is 0.242 e. The molecule has 2 N–H and O–H groups in total. The molecule has 0 radical (unpaired) electrons. The Hall–Kier alpha value is -1.55. The first-order valence-electron chi connectivity index (χ1n) is 4.81. The molecule has 0 aliphatic carbocycles. The summed E-state index contributed by atoms with van der Waals surface area (Å²) in [7, 11) is 3.39. The Morgan fingerprint density at radius 2 is 1.93 bits per heavy atom. The summed E-state index contributed by atoms with van der Waals surface area (Å²) >= 11 is 0. The van der Waals surface area contributed by atoms with Gasteiger partial charge >= 0.3 is 0 Å². The summed E-state index contributed by atoms with van der Waals surface area (Å²) in [5, 5.41) is 0. The van der Waals surface area contributed by atoms with Crippen LogP contribution in [0.1, 0.15) is 11.6 Å². The fraction of sp³-hybridized carbons (Fsp3) is 0.364. The van der Waals surface area contributed by atoms with Crippen LogP contribution in [0.5, 0.6) is 5.75 Å². The molecular formula is C11H14N2O2. The lowest BCUT2D eigenvalue weighted by Crippen LogP contribution is -2.61. The molecular weight excluding hydrogens is 192 g/mol. The number of carbonyl (C=O) groups is 1. The van der Waals surface area contributed by atoms with Crippen LogP contribution in [0.2, 0.25) is 0 Å². The number of hydrogen-bond acceptors (Lipinski definition) is 3. The highest BCUT2D eigenvalue weighted by molar-refractivity contribution is 5.89. The van der Waals surface area contributed by atoms with Crippen LogP contribution in [-0.2, 0) is 4.79 Å². The van der Waals surface area contributed by atoms with Gasteiger partial charge in [-0.15, -0.1) is 0 Å². The molecule has 0 aromatic heterocycles. The van der Waals surface area contributed by atoms with Crippen molar-refractivity contribution < 1.29 is 9.53 Å². The lowest BCUT2D eigenvalue weighted by molar-refractivity contribution is -0.146.